The minimum absolute atomic E-state index is 0. The van der Waals surface area contributed by atoms with Crippen molar-refractivity contribution in [2.45, 2.75) is 46.5 Å². The van der Waals surface area contributed by atoms with Crippen molar-refractivity contribution in [3.05, 3.63) is 48.7 Å². The van der Waals surface area contributed by atoms with Crippen LogP contribution in [0.1, 0.15) is 67.2 Å². The molecule has 142 valence electrons. The van der Waals surface area contributed by atoms with Crippen LogP contribution in [-0.4, -0.2) is 10.4 Å². The molecule has 1 aromatic rings. The Balaban J connectivity index is -0.000000338. The second-order valence-corrected chi connectivity index (χ2v) is 7.20. The van der Waals surface area contributed by atoms with Crippen LogP contribution < -0.4 is 0 Å². The molecule has 26 heavy (non-hydrogen) atoms. The summed E-state index contributed by atoms with van der Waals surface area (Å²) in [6, 6.07) is 5.89. The van der Waals surface area contributed by atoms with E-state index >= 15 is 0 Å². The van der Waals surface area contributed by atoms with Gasteiger partial charge in [-0.3, -0.25) is 4.79 Å². The van der Waals surface area contributed by atoms with Crippen LogP contribution in [0.4, 0.5) is 0 Å². The second-order valence-electron chi connectivity index (χ2n) is 6.49. The molecule has 2 rings (SSSR count). The molecule has 0 saturated heterocycles. The van der Waals surface area contributed by atoms with Crippen LogP contribution in [-0.2, 0) is 39.0 Å². The zero-order chi connectivity index (χ0) is 20.0. The van der Waals surface area contributed by atoms with Gasteiger partial charge in [0.25, 0.3) is 5.24 Å². The predicted octanol–water partition coefficient (Wildman–Crippen LogP) is 4.90. The third kappa shape index (κ3) is 12.4. The SMILES string of the molecule is CC(C)(C)C1CCCC1.O=C([S-])c1ccc(C(=O)Cl)cc1.[C-]#[O+].[C-]#[O+].[Fe+2]. The van der Waals surface area contributed by atoms with Crippen molar-refractivity contribution in [1.29, 1.82) is 0 Å². The molecule has 1 saturated carbocycles. The fourth-order valence-electron chi connectivity index (χ4n) is 2.53. The van der Waals surface area contributed by atoms with Crippen molar-refractivity contribution >= 4 is 34.6 Å². The van der Waals surface area contributed by atoms with Crippen molar-refractivity contribution in [3.63, 3.8) is 0 Å². The quantitative estimate of drug-likeness (QED) is 0.217. The molecule has 0 aromatic heterocycles. The number of halogens is 1. The van der Waals surface area contributed by atoms with Gasteiger partial charge in [0.2, 0.25) is 0 Å². The summed E-state index contributed by atoms with van der Waals surface area (Å²) in [5, 5.41) is -0.984. The van der Waals surface area contributed by atoms with Crippen molar-refractivity contribution in [1.82, 2.24) is 0 Å². The maximum Gasteiger partial charge on any atom is 2.00 e. The summed E-state index contributed by atoms with van der Waals surface area (Å²) in [4.78, 5) is 21.2. The minimum Gasteiger partial charge on any atom is 2.00 e. The van der Waals surface area contributed by atoms with Gasteiger partial charge in [0.15, 0.2) is 0 Å². The van der Waals surface area contributed by atoms with Crippen LogP contribution in [0.15, 0.2) is 24.3 Å². The Morgan fingerprint density at radius 2 is 1.35 bits per heavy atom. The summed E-state index contributed by atoms with van der Waals surface area (Å²) in [5.74, 6) is 1.01. The number of benzene rings is 1. The Hall–Kier alpha value is -0.931. The first-order valence-corrected chi connectivity index (χ1v) is 8.42. The first-order valence-electron chi connectivity index (χ1n) is 7.64. The molecule has 0 atom stereocenters. The number of rotatable bonds is 2. The number of hydrogen-bond acceptors (Lipinski definition) is 3. The molecule has 0 unspecified atom stereocenters. The Labute approximate surface area is 176 Å². The van der Waals surface area contributed by atoms with E-state index in [1.807, 2.05) is 0 Å². The third-order valence-electron chi connectivity index (χ3n) is 3.93. The molecule has 4 nitrogen and oxygen atoms in total. The van der Waals surface area contributed by atoms with E-state index in [1.54, 1.807) is 0 Å². The minimum atomic E-state index is -0.543. The fourth-order valence-corrected chi connectivity index (χ4v) is 2.79. The first-order chi connectivity index (χ1) is 11.7. The smallest absolute Gasteiger partial charge is 2.00 e. The third-order valence-corrected chi connectivity index (χ3v) is 4.38. The molecule has 1 aliphatic rings. The molecule has 1 fully saturated rings. The van der Waals surface area contributed by atoms with Crippen LogP contribution in [0, 0.1) is 24.6 Å². The topological polar surface area (TPSA) is 73.9 Å². The summed E-state index contributed by atoms with van der Waals surface area (Å²) in [7, 11) is 0. The molecule has 0 amide bonds. The van der Waals surface area contributed by atoms with Crippen LogP contribution in [0.25, 0.3) is 0 Å². The molecular formula is C19H22ClFeO4S+. The normalized spacial score (nSPS) is 12.5. The van der Waals surface area contributed by atoms with Gasteiger partial charge in [-0.15, -0.1) is 0 Å². The van der Waals surface area contributed by atoms with Crippen LogP contribution in [0.2, 0.25) is 0 Å². The Kier molecular flexibility index (Phi) is 18.6. The molecule has 0 N–H and O–H groups in total. The van der Waals surface area contributed by atoms with Gasteiger partial charge in [0, 0.05) is 10.7 Å². The van der Waals surface area contributed by atoms with Gasteiger partial charge in [0.05, 0.1) is 0 Å². The van der Waals surface area contributed by atoms with Crippen molar-refractivity contribution < 1.29 is 36.0 Å². The van der Waals surface area contributed by atoms with Crippen LogP contribution >= 0.6 is 11.6 Å². The first kappa shape index (κ1) is 29.8. The van der Waals surface area contributed by atoms with Crippen LogP contribution in [0.3, 0.4) is 0 Å². The maximum absolute atomic E-state index is 10.6. The Morgan fingerprint density at radius 3 is 1.58 bits per heavy atom. The second kappa shape index (κ2) is 16.3. The summed E-state index contributed by atoms with van der Waals surface area (Å²) in [6.45, 7) is 16.1. The fraction of sp³-hybridized carbons (Fsp3) is 0.474. The largest absolute Gasteiger partial charge is 2.00 e. The van der Waals surface area contributed by atoms with Gasteiger partial charge in [0.1, 0.15) is 0 Å². The molecule has 0 aliphatic heterocycles. The molecule has 1 aromatic carbocycles. The van der Waals surface area contributed by atoms with E-state index in [4.69, 9.17) is 20.9 Å². The van der Waals surface area contributed by atoms with E-state index in [1.165, 1.54) is 49.9 Å². The van der Waals surface area contributed by atoms with Crippen LogP contribution in [0.5, 0.6) is 0 Å². The summed E-state index contributed by atoms with van der Waals surface area (Å²) >= 11 is 9.58. The standard InChI is InChI=1S/C9H18.C8H5ClO2S.2CO.Fe/c1-9(2,3)8-6-4-5-7-8;9-7(10)5-1-3-6(4-2-5)8(11)12;2*1-2;/h8H,4-7H2,1-3H3;1-4H,(H,11,12);;;/q;;;;+2/p-1. The van der Waals surface area contributed by atoms with E-state index in [9.17, 15) is 9.59 Å². The van der Waals surface area contributed by atoms with Gasteiger partial charge >= 0.3 is 39.7 Å². The zero-order valence-corrected chi connectivity index (χ0v) is 17.7. The van der Waals surface area contributed by atoms with Gasteiger partial charge in [-0.25, -0.2) is 0 Å². The van der Waals surface area contributed by atoms with E-state index in [-0.39, 0.29) is 17.1 Å². The Bertz CT molecular complexity index is 532. The molecule has 0 radical (unpaired) electrons. The molecule has 1 aliphatic carbocycles. The van der Waals surface area contributed by atoms with Gasteiger partial charge in [-0.2, -0.15) is 0 Å². The van der Waals surface area contributed by atoms with E-state index in [2.05, 4.69) is 46.7 Å². The summed E-state index contributed by atoms with van der Waals surface area (Å²) < 4.78 is 15.0. The number of carbonyl (C=O) groups is 2. The van der Waals surface area contributed by atoms with E-state index in [0.29, 0.717) is 16.5 Å². The average Bonchev–Trinajstić information content (AvgIpc) is 3.14. The van der Waals surface area contributed by atoms with Gasteiger partial charge < -0.3 is 17.4 Å². The molecule has 0 bridgehead atoms. The summed E-state index contributed by atoms with van der Waals surface area (Å²) in [6.07, 6.45) is 5.90. The molecular weight excluding hydrogens is 416 g/mol. The van der Waals surface area contributed by atoms with Crippen molar-refractivity contribution in [2.24, 2.45) is 11.3 Å². The van der Waals surface area contributed by atoms with Gasteiger partial charge in [-0.1, -0.05) is 45.7 Å². The van der Waals surface area contributed by atoms with Crippen molar-refractivity contribution in [2.75, 3.05) is 0 Å². The zero-order valence-electron chi connectivity index (χ0n) is 15.0. The maximum atomic E-state index is 10.6. The average molecular weight is 438 g/mol. The van der Waals surface area contributed by atoms with E-state index < -0.39 is 10.4 Å². The summed E-state index contributed by atoms with van der Waals surface area (Å²) in [5.41, 5.74) is 1.33. The predicted molar refractivity (Wildman–Crippen MR) is 97.6 cm³/mol. The Morgan fingerprint density at radius 1 is 1.00 bits per heavy atom. The molecule has 0 spiro atoms. The van der Waals surface area contributed by atoms with Crippen molar-refractivity contribution in [3.8, 4) is 0 Å². The van der Waals surface area contributed by atoms with Gasteiger partial charge in [-0.05, 0) is 53.5 Å². The molecule has 0 heterocycles. The number of carbonyl (C=O) groups excluding carboxylic acids is 2. The van der Waals surface area contributed by atoms with E-state index in [0.717, 1.165) is 5.92 Å². The monoisotopic (exact) mass is 437 g/mol. The number of hydrogen-bond donors (Lipinski definition) is 0. The molecule has 7 heteroatoms.